The summed E-state index contributed by atoms with van der Waals surface area (Å²) < 4.78 is 16.0. The summed E-state index contributed by atoms with van der Waals surface area (Å²) in [4.78, 5) is 27.9. The van der Waals surface area contributed by atoms with Gasteiger partial charge in [-0.2, -0.15) is 5.10 Å². The van der Waals surface area contributed by atoms with Gasteiger partial charge in [-0.3, -0.25) is 19.3 Å². The highest BCUT2D eigenvalue weighted by molar-refractivity contribution is 6.03. The third kappa shape index (κ3) is 5.80. The zero-order chi connectivity index (χ0) is 23.9. The lowest BCUT2D eigenvalue weighted by Crippen LogP contribution is -2.11. The maximum atomic E-state index is 14.2. The number of anilines is 2. The largest absolute Gasteiger partial charge is 0.326 e. The Hall–Kier alpha value is -4.59. The summed E-state index contributed by atoms with van der Waals surface area (Å²) in [6.07, 6.45) is 8.17. The van der Waals surface area contributed by atoms with Crippen LogP contribution >= 0.6 is 0 Å². The Bertz CT molecular complexity index is 1330. The molecule has 0 aliphatic heterocycles. The normalized spacial score (nSPS) is 10.9. The van der Waals surface area contributed by atoms with Gasteiger partial charge in [-0.05, 0) is 42.0 Å². The van der Waals surface area contributed by atoms with Crippen molar-refractivity contribution < 1.29 is 14.0 Å². The predicted molar refractivity (Wildman–Crippen MR) is 129 cm³/mol. The van der Waals surface area contributed by atoms with E-state index < -0.39 is 11.7 Å². The van der Waals surface area contributed by atoms with Gasteiger partial charge in [0.15, 0.2) is 0 Å². The van der Waals surface area contributed by atoms with Gasteiger partial charge in [-0.25, -0.2) is 4.39 Å². The number of aromatic nitrogens is 3. The smallest absolute Gasteiger partial charge is 0.248 e. The fraction of sp³-hybridized carbons (Fsp3) is 0.0769. The second-order valence-electron chi connectivity index (χ2n) is 7.56. The van der Waals surface area contributed by atoms with Crippen LogP contribution in [0.4, 0.5) is 15.8 Å². The van der Waals surface area contributed by atoms with Crippen LogP contribution in [0.5, 0.6) is 0 Å². The molecule has 0 saturated carbocycles. The minimum atomic E-state index is -0.609. The zero-order valence-corrected chi connectivity index (χ0v) is 18.4. The molecule has 0 bridgehead atoms. The highest BCUT2D eigenvalue weighted by atomic mass is 19.1. The predicted octanol–water partition coefficient (Wildman–Crippen LogP) is 4.74. The first kappa shape index (κ1) is 22.6. The van der Waals surface area contributed by atoms with Crippen molar-refractivity contribution in [3.63, 3.8) is 0 Å². The maximum Gasteiger partial charge on any atom is 0.248 e. The van der Waals surface area contributed by atoms with E-state index >= 15 is 0 Å². The van der Waals surface area contributed by atoms with Crippen molar-refractivity contribution in [2.75, 3.05) is 10.6 Å². The number of hydrogen-bond acceptors (Lipinski definition) is 4. The van der Waals surface area contributed by atoms with E-state index in [0.29, 0.717) is 23.5 Å². The van der Waals surface area contributed by atoms with Crippen LogP contribution in [0.1, 0.15) is 18.1 Å². The molecule has 170 valence electrons. The van der Waals surface area contributed by atoms with Crippen molar-refractivity contribution in [1.82, 2.24) is 14.8 Å². The Labute approximate surface area is 196 Å². The number of hydrogen-bond donors (Lipinski definition) is 2. The number of carbonyl (C=O) groups is 2. The fourth-order valence-corrected chi connectivity index (χ4v) is 3.38. The summed E-state index contributed by atoms with van der Waals surface area (Å²) in [6, 6.07) is 17.6. The number of nitrogens with one attached hydrogen (secondary N) is 2. The van der Waals surface area contributed by atoms with Crippen molar-refractivity contribution in [3.05, 3.63) is 102 Å². The van der Waals surface area contributed by atoms with Crippen molar-refractivity contribution in [2.45, 2.75) is 13.5 Å². The van der Waals surface area contributed by atoms with Crippen LogP contribution in [0.15, 0.2) is 85.3 Å². The van der Waals surface area contributed by atoms with Crippen LogP contribution in [0.2, 0.25) is 0 Å². The summed E-state index contributed by atoms with van der Waals surface area (Å²) >= 11 is 0. The Balaban J connectivity index is 1.57. The van der Waals surface area contributed by atoms with Crippen LogP contribution in [0.25, 0.3) is 17.3 Å². The average molecular weight is 455 g/mol. The topological polar surface area (TPSA) is 88.9 Å². The molecule has 2 amide bonds. The van der Waals surface area contributed by atoms with Crippen molar-refractivity contribution >= 4 is 29.3 Å². The summed E-state index contributed by atoms with van der Waals surface area (Å²) in [7, 11) is 0. The van der Waals surface area contributed by atoms with E-state index in [1.807, 2.05) is 48.7 Å². The maximum absolute atomic E-state index is 14.2. The van der Waals surface area contributed by atoms with E-state index in [2.05, 4.69) is 20.7 Å². The Morgan fingerprint density at radius 2 is 1.88 bits per heavy atom. The molecule has 7 nitrogen and oxygen atoms in total. The summed E-state index contributed by atoms with van der Waals surface area (Å²) in [5, 5.41) is 9.75. The second-order valence-corrected chi connectivity index (χ2v) is 7.56. The van der Waals surface area contributed by atoms with Gasteiger partial charge in [0.05, 0.1) is 12.2 Å². The SMILES string of the molecule is CC(=O)Nc1ccc(F)c(NC(=O)/C=C/c2cn(Cc3ccccc3)nc2-c2cccnc2)c1. The van der Waals surface area contributed by atoms with E-state index in [0.717, 1.165) is 11.1 Å². The third-order valence-electron chi connectivity index (χ3n) is 4.87. The molecule has 0 radical (unpaired) electrons. The zero-order valence-electron chi connectivity index (χ0n) is 18.4. The van der Waals surface area contributed by atoms with E-state index in [-0.39, 0.29) is 11.6 Å². The summed E-state index contributed by atoms with van der Waals surface area (Å²) in [5.74, 6) is -1.42. The summed E-state index contributed by atoms with van der Waals surface area (Å²) in [6.45, 7) is 1.91. The van der Waals surface area contributed by atoms with Gasteiger partial charge >= 0.3 is 0 Å². The van der Waals surface area contributed by atoms with Crippen LogP contribution in [-0.2, 0) is 16.1 Å². The van der Waals surface area contributed by atoms with Gasteiger partial charge < -0.3 is 10.6 Å². The van der Waals surface area contributed by atoms with Crippen molar-refractivity contribution in [2.24, 2.45) is 0 Å². The van der Waals surface area contributed by atoms with Gasteiger partial charge in [0.1, 0.15) is 11.5 Å². The molecule has 0 fully saturated rings. The molecule has 8 heteroatoms. The average Bonchev–Trinajstić information content (AvgIpc) is 3.23. The van der Waals surface area contributed by atoms with Crippen molar-refractivity contribution in [1.29, 1.82) is 0 Å². The van der Waals surface area contributed by atoms with Crippen LogP contribution < -0.4 is 10.6 Å². The molecule has 4 aromatic rings. The van der Waals surface area contributed by atoms with Crippen molar-refractivity contribution in [3.8, 4) is 11.3 Å². The minimum Gasteiger partial charge on any atom is -0.326 e. The van der Waals surface area contributed by atoms with Gasteiger partial charge in [-0.1, -0.05) is 30.3 Å². The molecule has 0 spiro atoms. The molecule has 2 N–H and O–H groups in total. The quantitative estimate of drug-likeness (QED) is 0.394. The first-order chi connectivity index (χ1) is 16.5. The molecule has 0 aliphatic rings. The summed E-state index contributed by atoms with van der Waals surface area (Å²) in [5.41, 5.74) is 3.63. The first-order valence-electron chi connectivity index (χ1n) is 10.6. The monoisotopic (exact) mass is 455 g/mol. The van der Waals surface area contributed by atoms with Gasteiger partial charge in [-0.15, -0.1) is 0 Å². The Morgan fingerprint density at radius 3 is 2.62 bits per heavy atom. The molecule has 0 saturated heterocycles. The molecular formula is C26H22FN5O2. The lowest BCUT2D eigenvalue weighted by atomic mass is 10.1. The molecule has 0 atom stereocenters. The molecule has 0 aliphatic carbocycles. The molecule has 0 unspecified atom stereocenters. The van der Waals surface area contributed by atoms with E-state index in [1.165, 1.54) is 31.2 Å². The molecule has 2 aromatic carbocycles. The molecule has 34 heavy (non-hydrogen) atoms. The Morgan fingerprint density at radius 1 is 1.06 bits per heavy atom. The Kier molecular flexibility index (Phi) is 6.88. The molecule has 2 aromatic heterocycles. The standard InChI is InChI=1S/C26H22FN5O2/c1-18(33)29-22-10-11-23(27)24(14-22)30-25(34)12-9-21-17-32(16-19-6-3-2-4-7-19)31-26(21)20-8-5-13-28-15-20/h2-15,17H,16H2,1H3,(H,29,33)(H,30,34)/b12-9+. The first-order valence-corrected chi connectivity index (χ1v) is 10.6. The van der Waals surface area contributed by atoms with E-state index in [1.54, 1.807) is 23.2 Å². The molecule has 2 heterocycles. The number of carbonyl (C=O) groups excluding carboxylic acids is 2. The minimum absolute atomic E-state index is 0.0341. The number of pyridine rings is 1. The second kappa shape index (κ2) is 10.4. The van der Waals surface area contributed by atoms with Gasteiger partial charge in [0, 0.05) is 48.4 Å². The van der Waals surface area contributed by atoms with Gasteiger partial charge in [0.2, 0.25) is 11.8 Å². The number of rotatable bonds is 7. The highest BCUT2D eigenvalue weighted by Crippen LogP contribution is 2.24. The fourth-order valence-electron chi connectivity index (χ4n) is 3.38. The van der Waals surface area contributed by atoms with Crippen LogP contribution in [0.3, 0.4) is 0 Å². The van der Waals surface area contributed by atoms with Gasteiger partial charge in [0.25, 0.3) is 0 Å². The number of amides is 2. The van der Waals surface area contributed by atoms with E-state index in [4.69, 9.17) is 0 Å². The lowest BCUT2D eigenvalue weighted by molar-refractivity contribution is -0.114. The van der Waals surface area contributed by atoms with Crippen LogP contribution in [0, 0.1) is 5.82 Å². The van der Waals surface area contributed by atoms with Crippen LogP contribution in [-0.4, -0.2) is 26.6 Å². The molecule has 4 rings (SSSR count). The van der Waals surface area contributed by atoms with E-state index in [9.17, 15) is 14.0 Å². The number of halogens is 1. The lowest BCUT2D eigenvalue weighted by Gasteiger charge is -2.07. The number of benzene rings is 2. The molecular weight excluding hydrogens is 433 g/mol. The number of nitrogens with zero attached hydrogens (tertiary/aromatic N) is 3. The third-order valence-corrected chi connectivity index (χ3v) is 4.87. The highest BCUT2D eigenvalue weighted by Gasteiger charge is 2.11.